The van der Waals surface area contributed by atoms with Crippen LogP contribution in [0.3, 0.4) is 0 Å². The van der Waals surface area contributed by atoms with Crippen LogP contribution in [0.5, 0.6) is 0 Å². The maximum atomic E-state index is 13.0. The summed E-state index contributed by atoms with van der Waals surface area (Å²) in [5, 5.41) is 3.58. The van der Waals surface area contributed by atoms with Gasteiger partial charge in [0.05, 0.1) is 12.4 Å². The fourth-order valence-electron chi connectivity index (χ4n) is 1.59. The van der Waals surface area contributed by atoms with Crippen molar-refractivity contribution in [3.63, 3.8) is 0 Å². The van der Waals surface area contributed by atoms with Crippen LogP contribution < -0.4 is 0 Å². The van der Waals surface area contributed by atoms with E-state index in [1.807, 2.05) is 0 Å². The van der Waals surface area contributed by atoms with Crippen LogP contribution in [0.25, 0.3) is 0 Å². The van der Waals surface area contributed by atoms with Crippen LogP contribution in [0.1, 0.15) is 23.3 Å². The zero-order chi connectivity index (χ0) is 14.2. The number of carbonyl (C=O) groups is 1. The Morgan fingerprint density at radius 3 is 2.26 bits per heavy atom. The van der Waals surface area contributed by atoms with E-state index in [9.17, 15) is 22.4 Å². The molecule has 3 nitrogen and oxygen atoms in total. The molecular formula is C12H8F4N2O. The number of ketones is 1. The van der Waals surface area contributed by atoms with Gasteiger partial charge in [0.15, 0.2) is 29.1 Å². The molecule has 0 saturated heterocycles. The van der Waals surface area contributed by atoms with Crippen LogP contribution in [0, 0.1) is 23.3 Å². The molecule has 100 valence electrons. The summed E-state index contributed by atoms with van der Waals surface area (Å²) >= 11 is 0. The number of hydrogen-bond acceptors (Lipinski definition) is 2. The molecule has 0 radical (unpaired) electrons. The number of benzene rings is 1. The molecule has 0 fully saturated rings. The molecular weight excluding hydrogens is 264 g/mol. The molecule has 7 heteroatoms. The lowest BCUT2D eigenvalue weighted by molar-refractivity contribution is 0.0927. The van der Waals surface area contributed by atoms with Gasteiger partial charge in [0.1, 0.15) is 6.04 Å². The minimum Gasteiger partial charge on any atom is -0.292 e. The molecule has 1 aromatic carbocycles. The van der Waals surface area contributed by atoms with E-state index in [2.05, 4.69) is 5.10 Å². The third-order valence-electron chi connectivity index (χ3n) is 2.61. The first-order valence-electron chi connectivity index (χ1n) is 5.28. The lowest BCUT2D eigenvalue weighted by Crippen LogP contribution is -2.18. The van der Waals surface area contributed by atoms with Gasteiger partial charge in [0.25, 0.3) is 0 Å². The summed E-state index contributed by atoms with van der Waals surface area (Å²) in [6.45, 7) is 1.38. The highest BCUT2D eigenvalue weighted by Crippen LogP contribution is 2.18. The maximum Gasteiger partial charge on any atom is 0.194 e. The summed E-state index contributed by atoms with van der Waals surface area (Å²) in [6, 6.07) is 0.225. The van der Waals surface area contributed by atoms with Crippen molar-refractivity contribution in [3.8, 4) is 0 Å². The number of halogens is 4. The van der Waals surface area contributed by atoms with Crippen molar-refractivity contribution in [2.75, 3.05) is 0 Å². The van der Waals surface area contributed by atoms with E-state index in [1.165, 1.54) is 6.92 Å². The first-order chi connectivity index (χ1) is 8.90. The molecule has 1 aromatic heterocycles. The number of rotatable bonds is 3. The molecule has 2 rings (SSSR count). The highest BCUT2D eigenvalue weighted by Gasteiger charge is 2.21. The third-order valence-corrected chi connectivity index (χ3v) is 2.61. The van der Waals surface area contributed by atoms with Crippen LogP contribution in [0.2, 0.25) is 0 Å². The van der Waals surface area contributed by atoms with Gasteiger partial charge < -0.3 is 0 Å². The Bertz CT molecular complexity index is 615. The van der Waals surface area contributed by atoms with Gasteiger partial charge in [-0.1, -0.05) is 0 Å². The maximum absolute atomic E-state index is 13.0. The standard InChI is InChI=1S/C12H8F4N2O/c1-6(18-5-8(13)4-17-18)12(19)7-2-9(14)11(16)10(15)3-7/h2-6H,1H3/t6-/m1/s1. The van der Waals surface area contributed by atoms with Crippen LogP contribution in [0.4, 0.5) is 17.6 Å². The molecule has 1 heterocycles. The van der Waals surface area contributed by atoms with Gasteiger partial charge in [-0.25, -0.2) is 17.6 Å². The summed E-state index contributed by atoms with van der Waals surface area (Å²) in [6.07, 6.45) is 1.87. The number of hydrogen-bond donors (Lipinski definition) is 0. The fourth-order valence-corrected chi connectivity index (χ4v) is 1.59. The molecule has 0 bridgehead atoms. The van der Waals surface area contributed by atoms with Gasteiger partial charge in [0, 0.05) is 5.56 Å². The van der Waals surface area contributed by atoms with E-state index in [0.717, 1.165) is 17.1 Å². The Hall–Kier alpha value is -2.18. The highest BCUT2D eigenvalue weighted by atomic mass is 19.2. The number of aromatic nitrogens is 2. The van der Waals surface area contributed by atoms with Crippen LogP contribution in [-0.2, 0) is 0 Å². The number of carbonyl (C=O) groups excluding carboxylic acids is 1. The molecule has 0 saturated carbocycles. The van der Waals surface area contributed by atoms with Gasteiger partial charge in [-0.15, -0.1) is 0 Å². The van der Waals surface area contributed by atoms with Crippen molar-refractivity contribution in [3.05, 3.63) is 53.4 Å². The normalized spacial score (nSPS) is 12.5. The van der Waals surface area contributed by atoms with Gasteiger partial charge >= 0.3 is 0 Å². The van der Waals surface area contributed by atoms with Gasteiger partial charge in [-0.2, -0.15) is 5.10 Å². The highest BCUT2D eigenvalue weighted by molar-refractivity contribution is 5.98. The van der Waals surface area contributed by atoms with Crippen LogP contribution in [-0.4, -0.2) is 15.6 Å². The lowest BCUT2D eigenvalue weighted by atomic mass is 10.1. The topological polar surface area (TPSA) is 34.9 Å². The average molecular weight is 272 g/mol. The Kier molecular flexibility index (Phi) is 3.37. The van der Waals surface area contributed by atoms with Crippen molar-refractivity contribution in [2.24, 2.45) is 0 Å². The van der Waals surface area contributed by atoms with Crippen LogP contribution in [0.15, 0.2) is 24.5 Å². The number of nitrogens with zero attached hydrogens (tertiary/aromatic N) is 2. The fraction of sp³-hybridized carbons (Fsp3) is 0.167. The van der Waals surface area contributed by atoms with E-state index >= 15 is 0 Å². The van der Waals surface area contributed by atoms with Crippen molar-refractivity contribution >= 4 is 5.78 Å². The predicted molar refractivity (Wildman–Crippen MR) is 57.5 cm³/mol. The molecule has 0 unspecified atom stereocenters. The monoisotopic (exact) mass is 272 g/mol. The molecule has 1 atom stereocenters. The van der Waals surface area contributed by atoms with Crippen molar-refractivity contribution in [1.29, 1.82) is 0 Å². The quantitative estimate of drug-likeness (QED) is 0.489. The third kappa shape index (κ3) is 2.49. The van der Waals surface area contributed by atoms with Crippen molar-refractivity contribution in [1.82, 2.24) is 9.78 Å². The molecule has 2 aromatic rings. The zero-order valence-corrected chi connectivity index (χ0v) is 9.70. The largest absolute Gasteiger partial charge is 0.292 e. The molecule has 0 aliphatic carbocycles. The Morgan fingerprint density at radius 1 is 1.21 bits per heavy atom. The summed E-state index contributed by atoms with van der Waals surface area (Å²) in [5.74, 6) is -5.91. The molecule has 19 heavy (non-hydrogen) atoms. The summed E-state index contributed by atoms with van der Waals surface area (Å²) in [4.78, 5) is 11.9. The van der Waals surface area contributed by atoms with E-state index in [4.69, 9.17) is 0 Å². The van der Waals surface area contributed by atoms with Crippen LogP contribution >= 0.6 is 0 Å². The van der Waals surface area contributed by atoms with E-state index in [0.29, 0.717) is 12.1 Å². The number of Topliss-reactive ketones (excluding diaryl/α,β-unsaturated/α-hetero) is 1. The summed E-state index contributed by atoms with van der Waals surface area (Å²) in [5.41, 5.74) is -0.347. The Morgan fingerprint density at radius 2 is 1.79 bits per heavy atom. The predicted octanol–water partition coefficient (Wildman–Crippen LogP) is 2.88. The van der Waals surface area contributed by atoms with E-state index in [1.54, 1.807) is 0 Å². The minimum absolute atomic E-state index is 0.347. The van der Waals surface area contributed by atoms with Crippen molar-refractivity contribution in [2.45, 2.75) is 13.0 Å². The van der Waals surface area contributed by atoms with E-state index < -0.39 is 35.1 Å². The zero-order valence-electron chi connectivity index (χ0n) is 9.70. The Balaban J connectivity index is 2.34. The molecule has 0 N–H and O–H groups in total. The van der Waals surface area contributed by atoms with E-state index in [-0.39, 0.29) is 5.56 Å². The molecule has 0 aliphatic heterocycles. The smallest absolute Gasteiger partial charge is 0.194 e. The Labute approximate surface area is 105 Å². The van der Waals surface area contributed by atoms with Gasteiger partial charge in [-0.05, 0) is 19.1 Å². The molecule has 0 aliphatic rings. The molecule has 0 spiro atoms. The summed E-state index contributed by atoms with van der Waals surface area (Å²) in [7, 11) is 0. The lowest BCUT2D eigenvalue weighted by Gasteiger charge is -2.11. The average Bonchev–Trinajstić information content (AvgIpc) is 2.80. The second-order valence-corrected chi connectivity index (χ2v) is 3.93. The minimum atomic E-state index is -1.64. The second kappa shape index (κ2) is 4.83. The molecule has 0 amide bonds. The van der Waals surface area contributed by atoms with Gasteiger partial charge in [-0.3, -0.25) is 9.48 Å². The van der Waals surface area contributed by atoms with Crippen molar-refractivity contribution < 1.29 is 22.4 Å². The summed E-state index contributed by atoms with van der Waals surface area (Å²) < 4.78 is 52.6. The first-order valence-corrected chi connectivity index (χ1v) is 5.28. The first kappa shape index (κ1) is 13.3. The SMILES string of the molecule is C[C@H](C(=O)c1cc(F)c(F)c(F)c1)n1cc(F)cn1. The van der Waals surface area contributed by atoms with Gasteiger partial charge in [0.2, 0.25) is 0 Å². The second-order valence-electron chi connectivity index (χ2n) is 3.93.